The van der Waals surface area contributed by atoms with Crippen molar-refractivity contribution in [2.24, 2.45) is 0 Å². The molecule has 0 fully saturated rings. The van der Waals surface area contributed by atoms with Crippen molar-refractivity contribution in [1.82, 2.24) is 10.2 Å². The van der Waals surface area contributed by atoms with Crippen molar-refractivity contribution in [3.8, 4) is 5.88 Å². The molecule has 0 saturated carbocycles. The van der Waals surface area contributed by atoms with Crippen LogP contribution in [0.15, 0.2) is 12.1 Å². The first-order chi connectivity index (χ1) is 6.36. The Hall–Kier alpha value is -1.16. The monoisotopic (exact) mass is 182 g/mol. The molecule has 0 aromatic carbocycles. The van der Waals surface area contributed by atoms with Gasteiger partial charge >= 0.3 is 0 Å². The lowest BCUT2D eigenvalue weighted by Gasteiger charge is -2.02. The fourth-order valence-electron chi connectivity index (χ4n) is 0.830. The fourth-order valence-corrected chi connectivity index (χ4v) is 0.830. The molecule has 1 aromatic heterocycles. The van der Waals surface area contributed by atoms with Crippen LogP contribution in [0.5, 0.6) is 5.88 Å². The number of unbranched alkanes of at least 4 members (excludes halogenated alkanes) is 1. The smallest absolute Gasteiger partial charge is 0.233 e. The van der Waals surface area contributed by atoms with Crippen LogP contribution in [0.2, 0.25) is 0 Å². The number of aromatic nitrogens is 2. The van der Waals surface area contributed by atoms with Crippen LogP contribution < -0.4 is 4.74 Å². The van der Waals surface area contributed by atoms with Crippen molar-refractivity contribution in [2.45, 2.75) is 26.4 Å². The SMILES string of the molecule is CCCCOc1ccc(CO)nn1. The van der Waals surface area contributed by atoms with Crippen molar-refractivity contribution in [3.63, 3.8) is 0 Å². The molecule has 0 bridgehead atoms. The molecule has 0 amide bonds. The first-order valence-corrected chi connectivity index (χ1v) is 4.43. The maximum atomic E-state index is 8.70. The molecule has 1 rings (SSSR count). The molecular weight excluding hydrogens is 168 g/mol. The lowest BCUT2D eigenvalue weighted by Crippen LogP contribution is -2.00. The van der Waals surface area contributed by atoms with Gasteiger partial charge in [-0.05, 0) is 12.5 Å². The van der Waals surface area contributed by atoms with Gasteiger partial charge in [-0.25, -0.2) is 0 Å². The molecule has 0 saturated heterocycles. The average molecular weight is 182 g/mol. The molecule has 72 valence electrons. The van der Waals surface area contributed by atoms with E-state index in [-0.39, 0.29) is 6.61 Å². The van der Waals surface area contributed by atoms with E-state index in [9.17, 15) is 0 Å². The summed E-state index contributed by atoms with van der Waals surface area (Å²) in [6.45, 7) is 2.69. The Morgan fingerprint density at radius 1 is 1.38 bits per heavy atom. The number of hydrogen-bond donors (Lipinski definition) is 1. The van der Waals surface area contributed by atoms with Gasteiger partial charge in [-0.3, -0.25) is 0 Å². The Labute approximate surface area is 77.6 Å². The van der Waals surface area contributed by atoms with Gasteiger partial charge in [0, 0.05) is 6.07 Å². The predicted octanol–water partition coefficient (Wildman–Crippen LogP) is 1.15. The minimum absolute atomic E-state index is 0.0811. The van der Waals surface area contributed by atoms with Crippen LogP contribution in [0.25, 0.3) is 0 Å². The molecule has 0 spiro atoms. The zero-order chi connectivity index (χ0) is 9.52. The Kier molecular flexibility index (Phi) is 4.18. The quantitative estimate of drug-likeness (QED) is 0.694. The van der Waals surface area contributed by atoms with Gasteiger partial charge < -0.3 is 9.84 Å². The van der Waals surface area contributed by atoms with Gasteiger partial charge in [0.25, 0.3) is 0 Å². The van der Waals surface area contributed by atoms with Gasteiger partial charge in [0.2, 0.25) is 5.88 Å². The van der Waals surface area contributed by atoms with Gasteiger partial charge in [0.15, 0.2) is 0 Å². The minimum Gasteiger partial charge on any atom is -0.477 e. The van der Waals surface area contributed by atoms with Gasteiger partial charge in [-0.2, -0.15) is 0 Å². The Bertz CT molecular complexity index is 236. The number of nitrogens with zero attached hydrogens (tertiary/aromatic N) is 2. The van der Waals surface area contributed by atoms with E-state index < -0.39 is 0 Å². The summed E-state index contributed by atoms with van der Waals surface area (Å²) >= 11 is 0. The molecule has 0 aliphatic heterocycles. The minimum atomic E-state index is -0.0811. The van der Waals surface area contributed by atoms with Gasteiger partial charge in [0.1, 0.15) is 0 Å². The largest absolute Gasteiger partial charge is 0.477 e. The highest BCUT2D eigenvalue weighted by molar-refractivity contribution is 5.10. The van der Waals surface area contributed by atoms with Crippen LogP contribution in [-0.4, -0.2) is 21.9 Å². The Morgan fingerprint density at radius 2 is 2.23 bits per heavy atom. The molecule has 4 nitrogen and oxygen atoms in total. The highest BCUT2D eigenvalue weighted by Gasteiger charge is 1.96. The Morgan fingerprint density at radius 3 is 2.77 bits per heavy atom. The second-order valence-corrected chi connectivity index (χ2v) is 2.72. The third-order valence-corrected chi connectivity index (χ3v) is 1.61. The van der Waals surface area contributed by atoms with Crippen molar-refractivity contribution in [3.05, 3.63) is 17.8 Å². The highest BCUT2D eigenvalue weighted by atomic mass is 16.5. The normalized spacial score (nSPS) is 10.0. The summed E-state index contributed by atoms with van der Waals surface area (Å²) < 4.78 is 5.29. The molecule has 1 aromatic rings. The average Bonchev–Trinajstić information content (AvgIpc) is 2.19. The number of ether oxygens (including phenoxy) is 1. The maximum absolute atomic E-state index is 8.70. The van der Waals surface area contributed by atoms with Gasteiger partial charge in [0.05, 0.1) is 18.9 Å². The van der Waals surface area contributed by atoms with Gasteiger partial charge in [-0.1, -0.05) is 13.3 Å². The molecule has 0 atom stereocenters. The summed E-state index contributed by atoms with van der Waals surface area (Å²) in [5, 5.41) is 16.2. The zero-order valence-electron chi connectivity index (χ0n) is 7.73. The third-order valence-electron chi connectivity index (χ3n) is 1.61. The molecule has 0 aliphatic rings. The van der Waals surface area contributed by atoms with Crippen molar-refractivity contribution >= 4 is 0 Å². The summed E-state index contributed by atoms with van der Waals surface area (Å²) in [4.78, 5) is 0. The maximum Gasteiger partial charge on any atom is 0.233 e. The molecule has 1 N–H and O–H groups in total. The lowest BCUT2D eigenvalue weighted by atomic mass is 10.4. The third kappa shape index (κ3) is 3.38. The molecule has 0 radical (unpaired) electrons. The van der Waals surface area contributed by atoms with Crippen molar-refractivity contribution < 1.29 is 9.84 Å². The van der Waals surface area contributed by atoms with Crippen LogP contribution in [0.4, 0.5) is 0 Å². The van der Waals surface area contributed by atoms with E-state index >= 15 is 0 Å². The molecule has 1 heterocycles. The predicted molar refractivity (Wildman–Crippen MR) is 48.4 cm³/mol. The molecular formula is C9H14N2O2. The van der Waals surface area contributed by atoms with Crippen LogP contribution in [-0.2, 0) is 6.61 Å². The van der Waals surface area contributed by atoms with E-state index in [1.807, 2.05) is 0 Å². The topological polar surface area (TPSA) is 55.2 Å². The number of aliphatic hydroxyl groups is 1. The second-order valence-electron chi connectivity index (χ2n) is 2.72. The number of rotatable bonds is 5. The number of aliphatic hydroxyl groups excluding tert-OH is 1. The highest BCUT2D eigenvalue weighted by Crippen LogP contribution is 2.05. The van der Waals surface area contributed by atoms with Gasteiger partial charge in [-0.15, -0.1) is 10.2 Å². The van der Waals surface area contributed by atoms with E-state index in [1.165, 1.54) is 0 Å². The second kappa shape index (κ2) is 5.48. The number of hydrogen-bond acceptors (Lipinski definition) is 4. The van der Waals surface area contributed by atoms with Crippen LogP contribution >= 0.6 is 0 Å². The molecule has 0 unspecified atom stereocenters. The van der Waals surface area contributed by atoms with Crippen molar-refractivity contribution in [1.29, 1.82) is 0 Å². The van der Waals surface area contributed by atoms with E-state index in [0.717, 1.165) is 12.8 Å². The molecule has 4 heteroatoms. The molecule has 13 heavy (non-hydrogen) atoms. The molecule has 0 aliphatic carbocycles. The summed E-state index contributed by atoms with van der Waals surface area (Å²) in [7, 11) is 0. The lowest BCUT2D eigenvalue weighted by molar-refractivity contribution is 0.270. The first kappa shape index (κ1) is 9.92. The first-order valence-electron chi connectivity index (χ1n) is 4.43. The van der Waals surface area contributed by atoms with Crippen molar-refractivity contribution in [2.75, 3.05) is 6.61 Å². The fraction of sp³-hybridized carbons (Fsp3) is 0.556. The van der Waals surface area contributed by atoms with Crippen LogP contribution in [0.3, 0.4) is 0 Å². The van der Waals surface area contributed by atoms with Crippen LogP contribution in [0.1, 0.15) is 25.5 Å². The summed E-state index contributed by atoms with van der Waals surface area (Å²) in [5.41, 5.74) is 0.558. The standard InChI is InChI=1S/C9H14N2O2/c1-2-3-6-13-9-5-4-8(7-12)10-11-9/h4-5,12H,2-3,6-7H2,1H3. The summed E-state index contributed by atoms with van der Waals surface area (Å²) in [6, 6.07) is 3.42. The summed E-state index contributed by atoms with van der Waals surface area (Å²) in [6.07, 6.45) is 2.12. The van der Waals surface area contributed by atoms with Crippen LogP contribution in [0, 0.1) is 0 Å². The Balaban J connectivity index is 2.40. The summed E-state index contributed by atoms with van der Waals surface area (Å²) in [5.74, 6) is 0.519. The van der Waals surface area contributed by atoms with E-state index in [0.29, 0.717) is 18.2 Å². The zero-order valence-corrected chi connectivity index (χ0v) is 7.73. The van der Waals surface area contributed by atoms with E-state index in [2.05, 4.69) is 17.1 Å². The van der Waals surface area contributed by atoms with E-state index in [4.69, 9.17) is 9.84 Å². The van der Waals surface area contributed by atoms with E-state index in [1.54, 1.807) is 12.1 Å².